The second-order valence-corrected chi connectivity index (χ2v) is 5.71. The highest BCUT2D eigenvalue weighted by atomic mass is 79.9. The maximum absolute atomic E-state index is 5.23. The van der Waals surface area contributed by atoms with E-state index in [1.165, 1.54) is 0 Å². The smallest absolute Gasteiger partial charge is 0.112 e. The molecular weight excluding hydrogens is 318 g/mol. The average molecular weight is 338 g/mol. The zero-order valence-electron chi connectivity index (χ0n) is 12.1. The Morgan fingerprint density at radius 3 is 2.90 bits per heavy atom. The van der Waals surface area contributed by atoms with E-state index in [1.54, 1.807) is 7.11 Å². The fourth-order valence-electron chi connectivity index (χ4n) is 2.21. The lowest BCUT2D eigenvalue weighted by Gasteiger charge is -2.31. The van der Waals surface area contributed by atoms with Gasteiger partial charge in [0.05, 0.1) is 17.8 Å². The Bertz CT molecular complexity index is 576. The lowest BCUT2D eigenvalue weighted by molar-refractivity contribution is 0.203. The summed E-state index contributed by atoms with van der Waals surface area (Å²) >= 11 is 3.44. The van der Waals surface area contributed by atoms with E-state index in [4.69, 9.17) is 4.74 Å². The molecule has 0 bridgehead atoms. The van der Waals surface area contributed by atoms with E-state index in [2.05, 4.69) is 44.6 Å². The first-order valence-corrected chi connectivity index (χ1v) is 7.62. The fourth-order valence-corrected chi connectivity index (χ4v) is 2.53. The van der Waals surface area contributed by atoms with E-state index in [0.29, 0.717) is 12.6 Å². The van der Waals surface area contributed by atoms with Crippen LogP contribution in [0.15, 0.2) is 29.0 Å². The van der Waals surface area contributed by atoms with E-state index in [0.717, 1.165) is 34.2 Å². The molecule has 4 nitrogen and oxygen atoms in total. The second kappa shape index (κ2) is 6.99. The number of aromatic nitrogens is 2. The van der Waals surface area contributed by atoms with Gasteiger partial charge in [-0.1, -0.05) is 6.92 Å². The van der Waals surface area contributed by atoms with Crippen molar-refractivity contribution in [3.63, 3.8) is 0 Å². The molecule has 0 radical (unpaired) electrons. The Morgan fingerprint density at radius 1 is 1.40 bits per heavy atom. The predicted octanol–water partition coefficient (Wildman–Crippen LogP) is 3.64. The molecule has 1 atom stereocenters. The summed E-state index contributed by atoms with van der Waals surface area (Å²) in [6.07, 6.45) is 4.73. The van der Waals surface area contributed by atoms with Gasteiger partial charge in [0.25, 0.3) is 0 Å². The van der Waals surface area contributed by atoms with Crippen LogP contribution in [0.5, 0.6) is 0 Å². The number of anilines is 1. The van der Waals surface area contributed by atoms with Crippen molar-refractivity contribution in [2.24, 2.45) is 0 Å². The number of nitrogens with zero attached hydrogens (tertiary/aromatic N) is 3. The Kier molecular flexibility index (Phi) is 5.31. The molecule has 20 heavy (non-hydrogen) atoms. The lowest BCUT2D eigenvalue weighted by Crippen LogP contribution is -2.35. The van der Waals surface area contributed by atoms with Crippen molar-refractivity contribution >= 4 is 32.7 Å². The highest BCUT2D eigenvalue weighted by Crippen LogP contribution is 2.27. The average Bonchev–Trinajstić information content (AvgIpc) is 2.47. The van der Waals surface area contributed by atoms with Gasteiger partial charge in [0, 0.05) is 36.6 Å². The van der Waals surface area contributed by atoms with Gasteiger partial charge in [-0.3, -0.25) is 9.97 Å². The maximum Gasteiger partial charge on any atom is 0.112 e. The molecule has 2 rings (SSSR count). The topological polar surface area (TPSA) is 38.2 Å². The van der Waals surface area contributed by atoms with Crippen molar-refractivity contribution in [3.05, 3.63) is 29.0 Å². The zero-order valence-corrected chi connectivity index (χ0v) is 13.7. The highest BCUT2D eigenvalue weighted by Gasteiger charge is 2.16. The first kappa shape index (κ1) is 15.2. The molecule has 108 valence electrons. The molecule has 0 N–H and O–H groups in total. The molecule has 0 amide bonds. The van der Waals surface area contributed by atoms with Gasteiger partial charge < -0.3 is 9.64 Å². The largest absolute Gasteiger partial charge is 0.383 e. The molecule has 2 aromatic heterocycles. The van der Waals surface area contributed by atoms with E-state index >= 15 is 0 Å². The molecule has 2 aromatic rings. The molecule has 0 aliphatic heterocycles. The Balaban J connectivity index is 2.46. The normalized spacial score (nSPS) is 12.6. The Morgan fingerprint density at radius 2 is 2.20 bits per heavy atom. The number of rotatable bonds is 6. The molecule has 2 heterocycles. The number of hydrogen-bond acceptors (Lipinski definition) is 4. The standard InChI is InChI=1S/C15H20BrN3O/c1-4-11(2)19(7-8-20-3)14-5-6-17-13-9-12(16)10-18-15(13)14/h5-6,9-11H,4,7-8H2,1-3H3. The molecule has 0 saturated heterocycles. The summed E-state index contributed by atoms with van der Waals surface area (Å²) in [5.41, 5.74) is 2.96. The van der Waals surface area contributed by atoms with Crippen LogP contribution in [0.2, 0.25) is 0 Å². The SMILES string of the molecule is CCC(C)N(CCOC)c1ccnc2cc(Br)cnc12. The van der Waals surface area contributed by atoms with Crippen LogP contribution in [-0.2, 0) is 4.74 Å². The molecule has 0 saturated carbocycles. The van der Waals surface area contributed by atoms with Crippen molar-refractivity contribution in [2.75, 3.05) is 25.2 Å². The van der Waals surface area contributed by atoms with Crippen molar-refractivity contribution in [3.8, 4) is 0 Å². The number of methoxy groups -OCH3 is 1. The Labute approximate surface area is 128 Å². The molecule has 0 aliphatic carbocycles. The molecule has 0 fully saturated rings. The summed E-state index contributed by atoms with van der Waals surface area (Å²) in [6, 6.07) is 4.46. The van der Waals surface area contributed by atoms with Crippen LogP contribution < -0.4 is 4.90 Å². The van der Waals surface area contributed by atoms with Crippen LogP contribution in [0, 0.1) is 0 Å². The van der Waals surface area contributed by atoms with E-state index in [1.807, 2.05) is 24.5 Å². The molecule has 5 heteroatoms. The number of hydrogen-bond donors (Lipinski definition) is 0. The minimum Gasteiger partial charge on any atom is -0.383 e. The van der Waals surface area contributed by atoms with Gasteiger partial charge >= 0.3 is 0 Å². The summed E-state index contributed by atoms with van der Waals surface area (Å²) < 4.78 is 6.18. The van der Waals surface area contributed by atoms with Crippen LogP contribution in [0.4, 0.5) is 5.69 Å². The van der Waals surface area contributed by atoms with Crippen LogP contribution in [0.3, 0.4) is 0 Å². The molecule has 0 aliphatic rings. The first-order valence-electron chi connectivity index (χ1n) is 6.83. The first-order chi connectivity index (χ1) is 9.67. The van der Waals surface area contributed by atoms with E-state index < -0.39 is 0 Å². The van der Waals surface area contributed by atoms with Crippen LogP contribution in [0.1, 0.15) is 20.3 Å². The highest BCUT2D eigenvalue weighted by molar-refractivity contribution is 9.10. The van der Waals surface area contributed by atoms with Gasteiger partial charge in [0.15, 0.2) is 0 Å². The van der Waals surface area contributed by atoms with Crippen molar-refractivity contribution in [2.45, 2.75) is 26.3 Å². The van der Waals surface area contributed by atoms with Gasteiger partial charge in [0.2, 0.25) is 0 Å². The number of pyridine rings is 2. The van der Waals surface area contributed by atoms with E-state index in [9.17, 15) is 0 Å². The third-order valence-corrected chi connectivity index (χ3v) is 3.93. The van der Waals surface area contributed by atoms with Gasteiger partial charge in [0.1, 0.15) is 5.52 Å². The number of ether oxygens (including phenoxy) is 1. The quantitative estimate of drug-likeness (QED) is 0.806. The molecule has 1 unspecified atom stereocenters. The molecular formula is C15H20BrN3O. The summed E-state index contributed by atoms with van der Waals surface area (Å²) in [5, 5.41) is 0. The second-order valence-electron chi connectivity index (χ2n) is 4.79. The molecule has 0 spiro atoms. The third-order valence-electron chi connectivity index (χ3n) is 3.49. The summed E-state index contributed by atoms with van der Waals surface area (Å²) in [4.78, 5) is 11.3. The van der Waals surface area contributed by atoms with Crippen LogP contribution >= 0.6 is 15.9 Å². The zero-order chi connectivity index (χ0) is 14.5. The van der Waals surface area contributed by atoms with Crippen molar-refractivity contribution in [1.29, 1.82) is 0 Å². The monoisotopic (exact) mass is 337 g/mol. The van der Waals surface area contributed by atoms with Gasteiger partial charge in [-0.25, -0.2) is 0 Å². The predicted molar refractivity (Wildman–Crippen MR) is 86.2 cm³/mol. The minimum atomic E-state index is 0.432. The van der Waals surface area contributed by atoms with Crippen molar-refractivity contribution in [1.82, 2.24) is 9.97 Å². The Hall–Kier alpha value is -1.20. The van der Waals surface area contributed by atoms with Gasteiger partial charge in [-0.05, 0) is 41.4 Å². The minimum absolute atomic E-state index is 0.432. The number of halogens is 1. The summed E-state index contributed by atoms with van der Waals surface area (Å²) in [7, 11) is 1.73. The fraction of sp³-hybridized carbons (Fsp3) is 0.467. The summed E-state index contributed by atoms with van der Waals surface area (Å²) in [5.74, 6) is 0. The van der Waals surface area contributed by atoms with Crippen LogP contribution in [-0.4, -0.2) is 36.3 Å². The lowest BCUT2D eigenvalue weighted by atomic mass is 10.1. The molecule has 0 aromatic carbocycles. The summed E-state index contributed by atoms with van der Waals surface area (Å²) in [6.45, 7) is 5.96. The third kappa shape index (κ3) is 3.27. The van der Waals surface area contributed by atoms with Crippen LogP contribution in [0.25, 0.3) is 11.0 Å². The van der Waals surface area contributed by atoms with Gasteiger partial charge in [-0.15, -0.1) is 0 Å². The van der Waals surface area contributed by atoms with Gasteiger partial charge in [-0.2, -0.15) is 0 Å². The van der Waals surface area contributed by atoms with E-state index in [-0.39, 0.29) is 0 Å². The maximum atomic E-state index is 5.23. The van der Waals surface area contributed by atoms with Crippen molar-refractivity contribution < 1.29 is 4.74 Å². The number of fused-ring (bicyclic) bond motifs is 1.